The van der Waals surface area contributed by atoms with Crippen molar-refractivity contribution in [3.8, 4) is 17.0 Å². The van der Waals surface area contributed by atoms with Crippen LogP contribution in [0.5, 0.6) is 5.75 Å². The van der Waals surface area contributed by atoms with Crippen LogP contribution in [0.25, 0.3) is 22.3 Å². The SMILES string of the molecule is CCO[C@@H](C)c1ccc2nccc(-c3[nH]c4c(c3Nc3cccc(Cl)c3OC)C(=O)NCC4)c2n1. The Labute approximate surface area is 208 Å². The van der Waals surface area contributed by atoms with Crippen molar-refractivity contribution >= 4 is 39.9 Å². The molecule has 4 heterocycles. The number of carbonyl (C=O) groups is 1. The first kappa shape index (κ1) is 23.1. The van der Waals surface area contributed by atoms with Gasteiger partial charge in [-0.05, 0) is 44.2 Å². The normalized spacial score (nSPS) is 13.9. The summed E-state index contributed by atoms with van der Waals surface area (Å²) in [6, 6.07) is 11.2. The molecular weight excluding hydrogens is 466 g/mol. The molecular formula is C26H26ClN5O3. The molecule has 1 amide bonds. The number of halogens is 1. The molecule has 0 bridgehead atoms. The Balaban J connectivity index is 1.72. The van der Waals surface area contributed by atoms with Crippen LogP contribution >= 0.6 is 11.6 Å². The number of fused-ring (bicyclic) bond motifs is 2. The summed E-state index contributed by atoms with van der Waals surface area (Å²) in [6.07, 6.45) is 2.27. The van der Waals surface area contributed by atoms with E-state index in [0.717, 1.165) is 33.7 Å². The zero-order chi connectivity index (χ0) is 24.5. The first-order valence-electron chi connectivity index (χ1n) is 11.5. The number of hydrogen-bond acceptors (Lipinski definition) is 6. The number of amides is 1. The second kappa shape index (κ2) is 9.56. The number of hydrogen-bond donors (Lipinski definition) is 3. The zero-order valence-corrected chi connectivity index (χ0v) is 20.5. The number of anilines is 2. The maximum Gasteiger partial charge on any atom is 0.255 e. The highest BCUT2D eigenvalue weighted by Crippen LogP contribution is 2.42. The predicted molar refractivity (Wildman–Crippen MR) is 137 cm³/mol. The number of para-hydroxylation sites is 1. The molecule has 8 nitrogen and oxygen atoms in total. The number of carbonyl (C=O) groups excluding carboxylic acids is 1. The number of aromatic amines is 1. The summed E-state index contributed by atoms with van der Waals surface area (Å²) in [5.41, 5.74) is 6.56. The highest BCUT2D eigenvalue weighted by Gasteiger charge is 2.28. The Morgan fingerprint density at radius 2 is 2.09 bits per heavy atom. The van der Waals surface area contributed by atoms with Gasteiger partial charge in [0.15, 0.2) is 5.75 Å². The molecule has 9 heteroatoms. The van der Waals surface area contributed by atoms with Gasteiger partial charge in [-0.2, -0.15) is 0 Å². The van der Waals surface area contributed by atoms with Crippen LogP contribution in [0.4, 0.5) is 11.4 Å². The van der Waals surface area contributed by atoms with Crippen molar-refractivity contribution in [3.05, 3.63) is 64.6 Å². The van der Waals surface area contributed by atoms with E-state index < -0.39 is 0 Å². The van der Waals surface area contributed by atoms with Crippen molar-refractivity contribution in [2.75, 3.05) is 25.6 Å². The molecule has 3 aromatic heterocycles. The fraction of sp³-hybridized carbons (Fsp3) is 0.269. The summed E-state index contributed by atoms with van der Waals surface area (Å²) in [5, 5.41) is 6.83. The largest absolute Gasteiger partial charge is 0.493 e. The van der Waals surface area contributed by atoms with Gasteiger partial charge in [-0.15, -0.1) is 0 Å². The van der Waals surface area contributed by atoms with Gasteiger partial charge in [0.05, 0.1) is 57.6 Å². The number of ether oxygens (including phenoxy) is 2. The summed E-state index contributed by atoms with van der Waals surface area (Å²) >= 11 is 6.37. The van der Waals surface area contributed by atoms with Crippen molar-refractivity contribution in [1.29, 1.82) is 0 Å². The Bertz CT molecular complexity index is 1420. The molecule has 0 aliphatic carbocycles. The van der Waals surface area contributed by atoms with E-state index in [2.05, 4.69) is 20.6 Å². The van der Waals surface area contributed by atoms with Gasteiger partial charge in [0, 0.05) is 37.0 Å². The first-order chi connectivity index (χ1) is 17.0. The summed E-state index contributed by atoms with van der Waals surface area (Å²) in [5.74, 6) is 0.353. The van der Waals surface area contributed by atoms with E-state index in [1.807, 2.05) is 44.2 Å². The average Bonchev–Trinajstić information content (AvgIpc) is 3.23. The van der Waals surface area contributed by atoms with Crippen LogP contribution < -0.4 is 15.4 Å². The summed E-state index contributed by atoms with van der Waals surface area (Å²) < 4.78 is 11.3. The molecule has 0 spiro atoms. The van der Waals surface area contributed by atoms with E-state index in [0.29, 0.717) is 47.3 Å². The third kappa shape index (κ3) is 4.19. The van der Waals surface area contributed by atoms with Crippen LogP contribution in [0, 0.1) is 0 Å². The smallest absolute Gasteiger partial charge is 0.255 e. The van der Waals surface area contributed by atoms with Crippen molar-refractivity contribution < 1.29 is 14.3 Å². The Morgan fingerprint density at radius 3 is 2.89 bits per heavy atom. The zero-order valence-electron chi connectivity index (χ0n) is 19.7. The molecule has 0 unspecified atom stereocenters. The third-order valence-corrected chi connectivity index (χ3v) is 6.40. The van der Waals surface area contributed by atoms with Crippen molar-refractivity contribution in [1.82, 2.24) is 20.3 Å². The number of aromatic nitrogens is 3. The second-order valence-electron chi connectivity index (χ2n) is 8.24. The predicted octanol–water partition coefficient (Wildman–Crippen LogP) is 5.41. The van der Waals surface area contributed by atoms with Crippen LogP contribution in [-0.4, -0.2) is 41.1 Å². The van der Waals surface area contributed by atoms with Gasteiger partial charge >= 0.3 is 0 Å². The quantitative estimate of drug-likeness (QED) is 0.319. The maximum atomic E-state index is 13.0. The van der Waals surface area contributed by atoms with E-state index in [-0.39, 0.29) is 12.0 Å². The molecule has 1 aliphatic heterocycles. The maximum absolute atomic E-state index is 13.0. The van der Waals surface area contributed by atoms with Crippen molar-refractivity contribution in [2.45, 2.75) is 26.4 Å². The molecule has 1 aliphatic rings. The van der Waals surface area contributed by atoms with Gasteiger partial charge < -0.3 is 25.1 Å². The van der Waals surface area contributed by atoms with Gasteiger partial charge in [0.1, 0.15) is 0 Å². The van der Waals surface area contributed by atoms with Gasteiger partial charge in [0.2, 0.25) is 0 Å². The molecule has 35 heavy (non-hydrogen) atoms. The van der Waals surface area contributed by atoms with E-state index >= 15 is 0 Å². The number of nitrogens with one attached hydrogen (secondary N) is 3. The molecule has 0 saturated heterocycles. The molecule has 3 N–H and O–H groups in total. The lowest BCUT2D eigenvalue weighted by atomic mass is 10.0. The summed E-state index contributed by atoms with van der Waals surface area (Å²) in [7, 11) is 1.56. The van der Waals surface area contributed by atoms with Gasteiger partial charge in [-0.3, -0.25) is 9.78 Å². The Kier molecular flexibility index (Phi) is 6.32. The lowest BCUT2D eigenvalue weighted by molar-refractivity contribution is 0.0736. The second-order valence-corrected chi connectivity index (χ2v) is 8.65. The molecule has 0 fully saturated rings. The number of benzene rings is 1. The number of rotatable bonds is 7. The highest BCUT2D eigenvalue weighted by molar-refractivity contribution is 6.32. The fourth-order valence-electron chi connectivity index (χ4n) is 4.46. The van der Waals surface area contributed by atoms with Gasteiger partial charge in [-0.1, -0.05) is 17.7 Å². The van der Waals surface area contributed by atoms with Crippen LogP contribution in [-0.2, 0) is 11.2 Å². The monoisotopic (exact) mass is 491 g/mol. The molecule has 0 saturated carbocycles. The first-order valence-corrected chi connectivity index (χ1v) is 11.9. The van der Waals surface area contributed by atoms with Crippen LogP contribution in [0.15, 0.2) is 42.6 Å². The lowest BCUT2D eigenvalue weighted by Crippen LogP contribution is -2.31. The molecule has 180 valence electrons. The standard InChI is InChI=1S/C26H26ClN5O3/c1-4-35-14(2)17-8-9-19-22(30-17)15(10-12-28-19)23-24(21-18(31-23)11-13-29-26(21)33)32-20-7-5-6-16(27)25(20)34-3/h5-10,12,14,31-32H,4,11,13H2,1-3H3,(H,29,33)/t14-/m0/s1. The van der Waals surface area contributed by atoms with E-state index in [1.165, 1.54) is 0 Å². The molecule has 1 aromatic carbocycles. The van der Waals surface area contributed by atoms with Crippen LogP contribution in [0.1, 0.15) is 41.7 Å². The minimum Gasteiger partial charge on any atom is -0.493 e. The molecule has 5 rings (SSSR count). The summed E-state index contributed by atoms with van der Waals surface area (Å²) in [6.45, 7) is 5.09. The minimum atomic E-state index is -0.159. The number of pyridine rings is 2. The molecule has 1 atom stereocenters. The van der Waals surface area contributed by atoms with E-state index in [1.54, 1.807) is 19.4 Å². The number of methoxy groups -OCH3 is 1. The summed E-state index contributed by atoms with van der Waals surface area (Å²) in [4.78, 5) is 25.9. The lowest BCUT2D eigenvalue weighted by Gasteiger charge is -2.17. The average molecular weight is 492 g/mol. The topological polar surface area (TPSA) is 101 Å². The van der Waals surface area contributed by atoms with Crippen LogP contribution in [0.2, 0.25) is 5.02 Å². The molecule has 4 aromatic rings. The van der Waals surface area contributed by atoms with Crippen molar-refractivity contribution in [3.63, 3.8) is 0 Å². The van der Waals surface area contributed by atoms with Crippen LogP contribution in [0.3, 0.4) is 0 Å². The Morgan fingerprint density at radius 1 is 1.23 bits per heavy atom. The number of H-pyrrole nitrogens is 1. The van der Waals surface area contributed by atoms with Gasteiger partial charge in [-0.25, -0.2) is 4.98 Å². The Hall–Kier alpha value is -3.62. The van der Waals surface area contributed by atoms with E-state index in [4.69, 9.17) is 26.1 Å². The molecule has 0 radical (unpaired) electrons. The fourth-order valence-corrected chi connectivity index (χ4v) is 4.71. The van der Waals surface area contributed by atoms with E-state index in [9.17, 15) is 4.79 Å². The van der Waals surface area contributed by atoms with Crippen molar-refractivity contribution in [2.24, 2.45) is 0 Å². The third-order valence-electron chi connectivity index (χ3n) is 6.10. The minimum absolute atomic E-state index is 0.144. The highest BCUT2D eigenvalue weighted by atomic mass is 35.5. The number of nitrogens with zero attached hydrogens (tertiary/aromatic N) is 2. The van der Waals surface area contributed by atoms with Gasteiger partial charge in [0.25, 0.3) is 5.91 Å².